The van der Waals surface area contributed by atoms with Crippen molar-refractivity contribution in [1.29, 1.82) is 0 Å². The van der Waals surface area contributed by atoms with Crippen LogP contribution in [0.15, 0.2) is 18.2 Å². The molecule has 16 heavy (non-hydrogen) atoms. The zero-order chi connectivity index (χ0) is 12.6. The van der Waals surface area contributed by atoms with Gasteiger partial charge < -0.3 is 4.43 Å². The standard InChI is InChI=1S/C13H24OSi2/c1-11-8-9-12(15(2,3)4)10-13(11)14-16(5,6)7/h8-10H,1-7H3. The Balaban J connectivity index is 3.10. The molecule has 0 aromatic heterocycles. The van der Waals surface area contributed by atoms with Crippen LogP contribution in [-0.2, 0) is 0 Å². The average molecular weight is 253 g/mol. The molecule has 0 heterocycles. The van der Waals surface area contributed by atoms with Gasteiger partial charge in [-0.1, -0.05) is 37.0 Å². The Hall–Kier alpha value is -0.546. The van der Waals surface area contributed by atoms with E-state index in [0.717, 1.165) is 5.75 Å². The van der Waals surface area contributed by atoms with Crippen molar-refractivity contribution >= 4 is 21.6 Å². The van der Waals surface area contributed by atoms with Crippen LogP contribution in [0.1, 0.15) is 5.56 Å². The molecular weight excluding hydrogens is 228 g/mol. The predicted octanol–water partition coefficient (Wildman–Crippen LogP) is 3.75. The van der Waals surface area contributed by atoms with E-state index in [1.54, 1.807) is 0 Å². The Kier molecular flexibility index (Phi) is 3.70. The molecule has 0 N–H and O–H groups in total. The maximum Gasteiger partial charge on any atom is 0.242 e. The summed E-state index contributed by atoms with van der Waals surface area (Å²) in [6.07, 6.45) is 0. The molecule has 0 radical (unpaired) electrons. The molecule has 0 unspecified atom stereocenters. The number of aryl methyl sites for hydroxylation is 1. The molecule has 90 valence electrons. The molecule has 0 aliphatic carbocycles. The molecule has 0 fully saturated rings. The van der Waals surface area contributed by atoms with E-state index in [1.807, 2.05) is 0 Å². The van der Waals surface area contributed by atoms with Crippen LogP contribution in [0.2, 0.25) is 39.3 Å². The summed E-state index contributed by atoms with van der Waals surface area (Å²) in [5.74, 6) is 1.10. The fourth-order valence-corrected chi connectivity index (χ4v) is 3.53. The minimum atomic E-state index is -1.50. The summed E-state index contributed by atoms with van der Waals surface area (Å²) in [5, 5.41) is 1.48. The Morgan fingerprint density at radius 2 is 1.50 bits per heavy atom. The van der Waals surface area contributed by atoms with E-state index in [-0.39, 0.29) is 0 Å². The smallest absolute Gasteiger partial charge is 0.242 e. The summed E-state index contributed by atoms with van der Waals surface area (Å²) >= 11 is 0. The van der Waals surface area contributed by atoms with E-state index < -0.39 is 16.4 Å². The summed E-state index contributed by atoms with van der Waals surface area (Å²) < 4.78 is 6.13. The zero-order valence-electron chi connectivity index (χ0n) is 11.6. The predicted molar refractivity (Wildman–Crippen MR) is 78.1 cm³/mol. The number of hydrogen-bond donors (Lipinski definition) is 0. The number of rotatable bonds is 3. The van der Waals surface area contributed by atoms with Gasteiger partial charge in [0, 0.05) is 0 Å². The van der Waals surface area contributed by atoms with Crippen molar-refractivity contribution in [1.82, 2.24) is 0 Å². The third-order valence-electron chi connectivity index (χ3n) is 2.47. The average Bonchev–Trinajstić information content (AvgIpc) is 2.04. The second-order valence-electron chi connectivity index (χ2n) is 6.44. The van der Waals surface area contributed by atoms with Crippen LogP contribution in [0, 0.1) is 6.92 Å². The molecule has 1 aromatic rings. The third kappa shape index (κ3) is 3.79. The summed E-state index contributed by atoms with van der Waals surface area (Å²) in [6, 6.07) is 6.72. The van der Waals surface area contributed by atoms with Crippen molar-refractivity contribution in [3.8, 4) is 5.75 Å². The minimum Gasteiger partial charge on any atom is -0.544 e. The second-order valence-corrected chi connectivity index (χ2v) is 16.0. The van der Waals surface area contributed by atoms with Crippen molar-refractivity contribution < 1.29 is 4.43 Å². The normalized spacial score (nSPS) is 12.7. The molecule has 3 heteroatoms. The highest BCUT2D eigenvalue weighted by molar-refractivity contribution is 6.88. The van der Waals surface area contributed by atoms with Crippen molar-refractivity contribution in [2.45, 2.75) is 46.2 Å². The van der Waals surface area contributed by atoms with E-state index in [2.05, 4.69) is 64.4 Å². The summed E-state index contributed by atoms with van der Waals surface area (Å²) in [6.45, 7) is 15.9. The van der Waals surface area contributed by atoms with Crippen molar-refractivity contribution in [2.24, 2.45) is 0 Å². The molecule has 0 bridgehead atoms. The second kappa shape index (κ2) is 4.37. The fourth-order valence-electron chi connectivity index (χ4n) is 1.51. The largest absolute Gasteiger partial charge is 0.544 e. The van der Waals surface area contributed by atoms with E-state index in [4.69, 9.17) is 4.43 Å². The zero-order valence-corrected chi connectivity index (χ0v) is 13.6. The Bertz CT molecular complexity index is 372. The van der Waals surface area contributed by atoms with Gasteiger partial charge in [-0.05, 0) is 38.2 Å². The maximum absolute atomic E-state index is 6.13. The summed E-state index contributed by atoms with van der Waals surface area (Å²) in [5.41, 5.74) is 1.25. The van der Waals surface area contributed by atoms with Gasteiger partial charge in [-0.3, -0.25) is 0 Å². The monoisotopic (exact) mass is 252 g/mol. The molecule has 0 atom stereocenters. The Morgan fingerprint density at radius 1 is 0.938 bits per heavy atom. The number of benzene rings is 1. The lowest BCUT2D eigenvalue weighted by atomic mass is 10.2. The van der Waals surface area contributed by atoms with Gasteiger partial charge in [-0.15, -0.1) is 0 Å². The first-order valence-corrected chi connectivity index (χ1v) is 12.8. The van der Waals surface area contributed by atoms with Gasteiger partial charge >= 0.3 is 0 Å². The maximum atomic E-state index is 6.13. The van der Waals surface area contributed by atoms with E-state index in [0.29, 0.717) is 0 Å². The molecule has 0 spiro atoms. The van der Waals surface area contributed by atoms with Crippen LogP contribution in [0.4, 0.5) is 0 Å². The van der Waals surface area contributed by atoms with Crippen LogP contribution < -0.4 is 9.61 Å². The van der Waals surface area contributed by atoms with Crippen LogP contribution in [0.25, 0.3) is 0 Å². The first kappa shape index (κ1) is 13.5. The van der Waals surface area contributed by atoms with Crippen LogP contribution in [0.5, 0.6) is 5.75 Å². The SMILES string of the molecule is Cc1ccc([Si](C)(C)C)cc1O[Si](C)(C)C. The van der Waals surface area contributed by atoms with E-state index in [1.165, 1.54) is 10.8 Å². The highest BCUT2D eigenvalue weighted by Crippen LogP contribution is 2.21. The third-order valence-corrected chi connectivity index (χ3v) is 5.35. The molecule has 0 aliphatic rings. The Morgan fingerprint density at radius 3 is 1.94 bits per heavy atom. The number of hydrogen-bond acceptors (Lipinski definition) is 1. The quantitative estimate of drug-likeness (QED) is 0.745. The van der Waals surface area contributed by atoms with Gasteiger partial charge in [0.15, 0.2) is 0 Å². The van der Waals surface area contributed by atoms with Crippen LogP contribution in [0.3, 0.4) is 0 Å². The van der Waals surface area contributed by atoms with Crippen molar-refractivity contribution in [3.05, 3.63) is 23.8 Å². The minimum absolute atomic E-state index is 1.10. The van der Waals surface area contributed by atoms with E-state index in [9.17, 15) is 0 Å². The summed E-state index contributed by atoms with van der Waals surface area (Å²) in [4.78, 5) is 0. The first-order valence-electron chi connectivity index (χ1n) is 5.90. The molecule has 1 rings (SSSR count). The molecule has 0 aliphatic heterocycles. The van der Waals surface area contributed by atoms with Gasteiger partial charge in [0.05, 0.1) is 8.07 Å². The van der Waals surface area contributed by atoms with Crippen LogP contribution >= 0.6 is 0 Å². The van der Waals surface area contributed by atoms with Crippen molar-refractivity contribution in [3.63, 3.8) is 0 Å². The van der Waals surface area contributed by atoms with Gasteiger partial charge in [0.1, 0.15) is 5.75 Å². The lowest BCUT2D eigenvalue weighted by Gasteiger charge is -2.24. The summed E-state index contributed by atoms with van der Waals surface area (Å²) in [7, 11) is -2.72. The van der Waals surface area contributed by atoms with Gasteiger partial charge in [0.25, 0.3) is 0 Å². The highest BCUT2D eigenvalue weighted by atomic mass is 28.4. The molecule has 0 amide bonds. The lowest BCUT2D eigenvalue weighted by Crippen LogP contribution is -2.38. The topological polar surface area (TPSA) is 9.23 Å². The molecular formula is C13H24OSi2. The molecule has 1 nitrogen and oxygen atoms in total. The van der Waals surface area contributed by atoms with Crippen LogP contribution in [-0.4, -0.2) is 16.4 Å². The first-order chi connectivity index (χ1) is 7.09. The Labute approximate surface area is 102 Å². The van der Waals surface area contributed by atoms with E-state index >= 15 is 0 Å². The van der Waals surface area contributed by atoms with Gasteiger partial charge in [0.2, 0.25) is 8.32 Å². The fraction of sp³-hybridized carbons (Fsp3) is 0.538. The molecule has 0 saturated carbocycles. The molecule has 0 saturated heterocycles. The molecule has 1 aromatic carbocycles. The lowest BCUT2D eigenvalue weighted by molar-refractivity contribution is 0.553. The van der Waals surface area contributed by atoms with Gasteiger partial charge in [-0.25, -0.2) is 0 Å². The highest BCUT2D eigenvalue weighted by Gasteiger charge is 2.21. The van der Waals surface area contributed by atoms with Gasteiger partial charge in [-0.2, -0.15) is 0 Å². The van der Waals surface area contributed by atoms with Crippen molar-refractivity contribution in [2.75, 3.05) is 0 Å².